The molecular formula is C16H11ClN2O5. The Labute approximate surface area is 141 Å². The topological polar surface area (TPSA) is 110 Å². The van der Waals surface area contributed by atoms with E-state index < -0.39 is 22.5 Å². The van der Waals surface area contributed by atoms with Crippen molar-refractivity contribution >= 4 is 35.2 Å². The molecule has 0 saturated carbocycles. The van der Waals surface area contributed by atoms with Crippen molar-refractivity contribution < 1.29 is 19.6 Å². The van der Waals surface area contributed by atoms with Crippen LogP contribution in [0.2, 0.25) is 5.02 Å². The van der Waals surface area contributed by atoms with Crippen molar-refractivity contribution in [3.05, 3.63) is 80.5 Å². The van der Waals surface area contributed by atoms with Gasteiger partial charge in [-0.1, -0.05) is 35.9 Å². The maximum Gasteiger partial charge on any atom is 0.352 e. The molecule has 0 aromatic heterocycles. The van der Waals surface area contributed by atoms with E-state index in [0.717, 1.165) is 12.1 Å². The van der Waals surface area contributed by atoms with E-state index in [1.165, 1.54) is 24.3 Å². The molecule has 0 saturated heterocycles. The number of carboxylic acid groups (broad SMARTS) is 1. The lowest BCUT2D eigenvalue weighted by Gasteiger charge is -2.06. The minimum atomic E-state index is -1.38. The molecule has 24 heavy (non-hydrogen) atoms. The van der Waals surface area contributed by atoms with Gasteiger partial charge in [-0.05, 0) is 29.8 Å². The van der Waals surface area contributed by atoms with Crippen molar-refractivity contribution in [2.75, 3.05) is 0 Å². The van der Waals surface area contributed by atoms with Gasteiger partial charge in [0.2, 0.25) is 0 Å². The predicted octanol–water partition coefficient (Wildman–Crippen LogP) is 3.10. The first-order valence-electron chi connectivity index (χ1n) is 6.64. The number of rotatable bonds is 5. The van der Waals surface area contributed by atoms with Gasteiger partial charge in [-0.25, -0.2) is 4.79 Å². The number of hydrogen-bond acceptors (Lipinski definition) is 4. The molecule has 0 atom stereocenters. The van der Waals surface area contributed by atoms with Gasteiger partial charge in [0, 0.05) is 11.6 Å². The Kier molecular flexibility index (Phi) is 5.28. The Hall–Kier alpha value is -3.19. The van der Waals surface area contributed by atoms with Crippen molar-refractivity contribution in [1.82, 2.24) is 5.32 Å². The van der Waals surface area contributed by atoms with Crippen LogP contribution in [-0.2, 0) is 4.79 Å². The number of nitro groups is 1. The highest BCUT2D eigenvalue weighted by atomic mass is 35.5. The first kappa shape index (κ1) is 17.2. The van der Waals surface area contributed by atoms with Crippen molar-refractivity contribution in [1.29, 1.82) is 0 Å². The predicted molar refractivity (Wildman–Crippen MR) is 87.6 cm³/mol. The molecule has 0 aliphatic rings. The molecule has 0 bridgehead atoms. The molecule has 0 fully saturated rings. The van der Waals surface area contributed by atoms with Crippen molar-refractivity contribution in [3.63, 3.8) is 0 Å². The quantitative estimate of drug-likeness (QED) is 0.491. The van der Waals surface area contributed by atoms with Crippen LogP contribution in [0, 0.1) is 10.1 Å². The second kappa shape index (κ2) is 7.38. The Bertz CT molecular complexity index is 834. The lowest BCUT2D eigenvalue weighted by atomic mass is 10.1. The van der Waals surface area contributed by atoms with E-state index in [1.807, 2.05) is 0 Å². The van der Waals surface area contributed by atoms with Crippen LogP contribution in [0.15, 0.2) is 54.2 Å². The Balaban J connectivity index is 2.32. The summed E-state index contributed by atoms with van der Waals surface area (Å²) in [6, 6.07) is 11.9. The molecule has 0 aliphatic carbocycles. The van der Waals surface area contributed by atoms with Crippen LogP contribution in [0.4, 0.5) is 5.69 Å². The van der Waals surface area contributed by atoms with E-state index in [0.29, 0.717) is 0 Å². The summed E-state index contributed by atoms with van der Waals surface area (Å²) in [5.41, 5.74) is -0.270. The Morgan fingerprint density at radius 2 is 1.83 bits per heavy atom. The van der Waals surface area contributed by atoms with Crippen molar-refractivity contribution in [3.8, 4) is 0 Å². The van der Waals surface area contributed by atoms with E-state index in [-0.39, 0.29) is 21.8 Å². The summed E-state index contributed by atoms with van der Waals surface area (Å²) in [4.78, 5) is 33.5. The number of carbonyl (C=O) groups excluding carboxylic acids is 1. The van der Waals surface area contributed by atoms with Gasteiger partial charge < -0.3 is 10.4 Å². The summed E-state index contributed by atoms with van der Waals surface area (Å²) in [5, 5.41) is 22.3. The van der Waals surface area contributed by atoms with E-state index >= 15 is 0 Å². The molecule has 0 spiro atoms. The first-order chi connectivity index (χ1) is 11.4. The normalized spacial score (nSPS) is 11.0. The minimum Gasteiger partial charge on any atom is -0.477 e. The zero-order valence-corrected chi connectivity index (χ0v) is 12.9. The molecule has 0 aliphatic heterocycles. The average molecular weight is 347 g/mol. The van der Waals surface area contributed by atoms with E-state index in [4.69, 9.17) is 11.6 Å². The van der Waals surface area contributed by atoms with Crippen LogP contribution >= 0.6 is 11.6 Å². The molecular weight excluding hydrogens is 336 g/mol. The largest absolute Gasteiger partial charge is 0.477 e. The number of aliphatic carboxylic acids is 1. The highest BCUT2D eigenvalue weighted by molar-refractivity contribution is 6.32. The minimum absolute atomic E-state index is 0.0673. The number of carboxylic acids is 1. The van der Waals surface area contributed by atoms with Gasteiger partial charge in [0.15, 0.2) is 0 Å². The summed E-state index contributed by atoms with van der Waals surface area (Å²) >= 11 is 5.71. The van der Waals surface area contributed by atoms with Crippen molar-refractivity contribution in [2.24, 2.45) is 0 Å². The second-order valence-corrected chi connectivity index (χ2v) is 5.06. The monoisotopic (exact) mass is 346 g/mol. The lowest BCUT2D eigenvalue weighted by Crippen LogP contribution is -2.27. The number of amides is 1. The fourth-order valence-corrected chi connectivity index (χ4v) is 2.05. The maximum absolute atomic E-state index is 12.0. The molecule has 0 heterocycles. The molecule has 2 N–H and O–H groups in total. The van der Waals surface area contributed by atoms with Crippen LogP contribution in [0.3, 0.4) is 0 Å². The van der Waals surface area contributed by atoms with Gasteiger partial charge in [-0.3, -0.25) is 14.9 Å². The fraction of sp³-hybridized carbons (Fsp3) is 0. The van der Waals surface area contributed by atoms with E-state index in [2.05, 4.69) is 5.32 Å². The van der Waals surface area contributed by atoms with Gasteiger partial charge in [0.25, 0.3) is 11.6 Å². The van der Waals surface area contributed by atoms with Gasteiger partial charge in [-0.2, -0.15) is 0 Å². The van der Waals surface area contributed by atoms with E-state index in [9.17, 15) is 24.8 Å². The Morgan fingerprint density at radius 3 is 2.42 bits per heavy atom. The fourth-order valence-electron chi connectivity index (χ4n) is 1.86. The van der Waals surface area contributed by atoms with Crippen LogP contribution < -0.4 is 5.32 Å². The third-order valence-corrected chi connectivity index (χ3v) is 3.31. The molecule has 0 radical (unpaired) electrons. The molecule has 2 aromatic carbocycles. The summed E-state index contributed by atoms with van der Waals surface area (Å²) in [5.74, 6) is -1.98. The summed E-state index contributed by atoms with van der Waals surface area (Å²) in [6.07, 6.45) is 1.12. The molecule has 2 rings (SSSR count). The van der Waals surface area contributed by atoms with Crippen LogP contribution in [0.25, 0.3) is 6.08 Å². The molecule has 1 amide bonds. The SMILES string of the molecule is O=C(O)C(=Cc1ccc(Cl)c([N+](=O)[O-])c1)NC(=O)c1ccccc1. The average Bonchev–Trinajstić information content (AvgIpc) is 2.56. The van der Waals surface area contributed by atoms with Gasteiger partial charge in [-0.15, -0.1) is 0 Å². The molecule has 7 nitrogen and oxygen atoms in total. The maximum atomic E-state index is 12.0. The standard InChI is InChI=1S/C16H11ClN2O5/c17-12-7-6-10(9-14(12)19(23)24)8-13(16(21)22)18-15(20)11-4-2-1-3-5-11/h1-9H,(H,18,20)(H,21,22). The third kappa shape index (κ3) is 4.17. The summed E-state index contributed by atoms with van der Waals surface area (Å²) < 4.78 is 0. The number of nitrogens with one attached hydrogen (secondary N) is 1. The smallest absolute Gasteiger partial charge is 0.352 e. The van der Waals surface area contributed by atoms with Crippen LogP contribution in [0.1, 0.15) is 15.9 Å². The van der Waals surface area contributed by atoms with Gasteiger partial charge in [0.1, 0.15) is 10.7 Å². The van der Waals surface area contributed by atoms with E-state index in [1.54, 1.807) is 18.2 Å². The summed E-state index contributed by atoms with van der Waals surface area (Å²) in [6.45, 7) is 0. The molecule has 0 unspecified atom stereocenters. The first-order valence-corrected chi connectivity index (χ1v) is 7.01. The number of benzene rings is 2. The summed E-state index contributed by atoms with van der Waals surface area (Å²) in [7, 11) is 0. The van der Waals surface area contributed by atoms with Crippen molar-refractivity contribution in [2.45, 2.75) is 0 Å². The molecule has 8 heteroatoms. The zero-order chi connectivity index (χ0) is 17.7. The number of hydrogen-bond donors (Lipinski definition) is 2. The number of carbonyl (C=O) groups is 2. The van der Waals surface area contributed by atoms with Gasteiger partial charge in [0.05, 0.1) is 4.92 Å². The lowest BCUT2D eigenvalue weighted by molar-refractivity contribution is -0.384. The number of nitro benzene ring substituents is 1. The number of nitrogens with zero attached hydrogens (tertiary/aromatic N) is 1. The molecule has 122 valence electrons. The Morgan fingerprint density at radius 1 is 1.17 bits per heavy atom. The number of halogens is 1. The molecule has 2 aromatic rings. The highest BCUT2D eigenvalue weighted by Gasteiger charge is 2.16. The zero-order valence-electron chi connectivity index (χ0n) is 12.1. The van der Waals surface area contributed by atoms with Crippen LogP contribution in [-0.4, -0.2) is 21.9 Å². The van der Waals surface area contributed by atoms with Gasteiger partial charge >= 0.3 is 5.97 Å². The van der Waals surface area contributed by atoms with Crippen LogP contribution in [0.5, 0.6) is 0 Å². The third-order valence-electron chi connectivity index (χ3n) is 2.99. The second-order valence-electron chi connectivity index (χ2n) is 4.65. The highest BCUT2D eigenvalue weighted by Crippen LogP contribution is 2.26.